The van der Waals surface area contributed by atoms with E-state index in [1.165, 1.54) is 6.07 Å². The molecule has 3 aromatic rings. The average Bonchev–Trinajstić information content (AvgIpc) is 2.99. The van der Waals surface area contributed by atoms with E-state index in [1.54, 1.807) is 36.4 Å². The molecule has 1 aromatic heterocycles. The van der Waals surface area contributed by atoms with Crippen molar-refractivity contribution in [2.45, 2.75) is 0 Å². The predicted octanol–water partition coefficient (Wildman–Crippen LogP) is 5.64. The SMILES string of the molecule is O=C(Nc1[nH]nc(C(=O)Nc2ccc(Cl)c(Cl)c2)c1Br)c1ccccc1Cl. The number of aromatic nitrogens is 2. The van der Waals surface area contributed by atoms with Gasteiger partial charge in [-0.1, -0.05) is 46.9 Å². The second-order valence-electron chi connectivity index (χ2n) is 5.28. The molecule has 0 saturated carbocycles. The Morgan fingerprint density at radius 2 is 1.67 bits per heavy atom. The molecule has 2 aromatic carbocycles. The molecule has 27 heavy (non-hydrogen) atoms. The van der Waals surface area contributed by atoms with Gasteiger partial charge in [-0.3, -0.25) is 14.7 Å². The van der Waals surface area contributed by atoms with Gasteiger partial charge in [0.05, 0.1) is 25.1 Å². The summed E-state index contributed by atoms with van der Waals surface area (Å²) < 4.78 is 0.292. The lowest BCUT2D eigenvalue weighted by Crippen LogP contribution is -2.14. The lowest BCUT2D eigenvalue weighted by Gasteiger charge is -2.06. The van der Waals surface area contributed by atoms with Crippen molar-refractivity contribution in [2.75, 3.05) is 10.6 Å². The van der Waals surface area contributed by atoms with E-state index in [-0.39, 0.29) is 11.5 Å². The van der Waals surface area contributed by atoms with E-state index in [0.29, 0.717) is 30.8 Å². The molecule has 0 aliphatic heterocycles. The highest BCUT2D eigenvalue weighted by Gasteiger charge is 2.20. The van der Waals surface area contributed by atoms with Crippen LogP contribution in [0.5, 0.6) is 0 Å². The van der Waals surface area contributed by atoms with Gasteiger partial charge in [0, 0.05) is 5.69 Å². The van der Waals surface area contributed by atoms with Crippen LogP contribution < -0.4 is 10.6 Å². The minimum absolute atomic E-state index is 0.0514. The Labute approximate surface area is 177 Å². The first kappa shape index (κ1) is 19.7. The van der Waals surface area contributed by atoms with Crippen molar-refractivity contribution in [3.05, 3.63) is 73.3 Å². The zero-order valence-corrected chi connectivity index (χ0v) is 17.2. The fourth-order valence-electron chi connectivity index (χ4n) is 2.15. The molecule has 1 heterocycles. The van der Waals surface area contributed by atoms with Crippen LogP contribution in [0.1, 0.15) is 20.8 Å². The van der Waals surface area contributed by atoms with Crippen molar-refractivity contribution < 1.29 is 9.59 Å². The number of nitrogens with one attached hydrogen (secondary N) is 3. The summed E-state index contributed by atoms with van der Waals surface area (Å²) in [5, 5.41) is 12.8. The van der Waals surface area contributed by atoms with Gasteiger partial charge in [0.1, 0.15) is 5.82 Å². The number of carbonyl (C=O) groups is 2. The van der Waals surface area contributed by atoms with Crippen molar-refractivity contribution in [3.8, 4) is 0 Å². The number of carbonyl (C=O) groups excluding carboxylic acids is 2. The Morgan fingerprint density at radius 1 is 0.926 bits per heavy atom. The second-order valence-corrected chi connectivity index (χ2v) is 7.29. The summed E-state index contributed by atoms with van der Waals surface area (Å²) in [5.74, 6) is -0.727. The molecule has 2 amide bonds. The van der Waals surface area contributed by atoms with E-state index in [2.05, 4.69) is 36.8 Å². The highest BCUT2D eigenvalue weighted by Crippen LogP contribution is 2.28. The van der Waals surface area contributed by atoms with Crippen molar-refractivity contribution in [3.63, 3.8) is 0 Å². The summed E-state index contributed by atoms with van der Waals surface area (Å²) in [6, 6.07) is 11.3. The first-order valence-electron chi connectivity index (χ1n) is 7.43. The molecule has 6 nitrogen and oxygen atoms in total. The summed E-state index contributed by atoms with van der Waals surface area (Å²) in [5.41, 5.74) is 0.795. The van der Waals surface area contributed by atoms with E-state index in [0.717, 1.165) is 0 Å². The van der Waals surface area contributed by atoms with Gasteiger partial charge in [0.15, 0.2) is 5.69 Å². The molecule has 0 spiro atoms. The Morgan fingerprint density at radius 3 is 2.37 bits per heavy atom. The van der Waals surface area contributed by atoms with Gasteiger partial charge in [-0.05, 0) is 46.3 Å². The predicted molar refractivity (Wildman–Crippen MR) is 110 cm³/mol. The third-order valence-corrected chi connectivity index (χ3v) is 5.30. The number of halogens is 4. The van der Waals surface area contributed by atoms with Crippen LogP contribution >= 0.6 is 50.7 Å². The lowest BCUT2D eigenvalue weighted by atomic mass is 10.2. The van der Waals surface area contributed by atoms with Crippen molar-refractivity contribution in [1.82, 2.24) is 10.2 Å². The average molecular weight is 489 g/mol. The van der Waals surface area contributed by atoms with Crippen LogP contribution in [-0.2, 0) is 0 Å². The summed E-state index contributed by atoms with van der Waals surface area (Å²) in [6.45, 7) is 0. The number of hydrogen-bond acceptors (Lipinski definition) is 3. The van der Waals surface area contributed by atoms with E-state index >= 15 is 0 Å². The molecule has 10 heteroatoms. The fraction of sp³-hybridized carbons (Fsp3) is 0. The quantitative estimate of drug-likeness (QED) is 0.444. The van der Waals surface area contributed by atoms with Crippen molar-refractivity contribution in [1.29, 1.82) is 0 Å². The number of aromatic amines is 1. The van der Waals surface area contributed by atoms with Crippen LogP contribution in [0.15, 0.2) is 46.9 Å². The normalized spacial score (nSPS) is 10.5. The number of nitrogens with zero attached hydrogens (tertiary/aromatic N) is 1. The van der Waals surface area contributed by atoms with Gasteiger partial charge in [0.25, 0.3) is 11.8 Å². The number of hydrogen-bond donors (Lipinski definition) is 3. The van der Waals surface area contributed by atoms with Gasteiger partial charge >= 0.3 is 0 Å². The summed E-state index contributed by atoms with van der Waals surface area (Å²) in [4.78, 5) is 24.8. The van der Waals surface area contributed by atoms with E-state index in [1.807, 2.05) is 0 Å². The standard InChI is InChI=1S/C17H10BrCl3N4O2/c18-13-14(17(27)22-8-5-6-11(20)12(21)7-8)24-25-15(13)23-16(26)9-3-1-2-4-10(9)19/h1-7H,(H,22,27)(H2,23,24,25,26). The topological polar surface area (TPSA) is 86.9 Å². The number of anilines is 2. The molecular weight excluding hydrogens is 478 g/mol. The minimum atomic E-state index is -0.505. The number of H-pyrrole nitrogens is 1. The Kier molecular flexibility index (Phi) is 6.06. The maximum absolute atomic E-state index is 12.4. The van der Waals surface area contributed by atoms with Crippen LogP contribution in [0.2, 0.25) is 15.1 Å². The molecule has 138 valence electrons. The third-order valence-electron chi connectivity index (χ3n) is 3.46. The molecule has 3 N–H and O–H groups in total. The first-order chi connectivity index (χ1) is 12.9. The molecule has 3 rings (SSSR count). The summed E-state index contributed by atoms with van der Waals surface area (Å²) in [6.07, 6.45) is 0. The first-order valence-corrected chi connectivity index (χ1v) is 9.35. The van der Waals surface area contributed by atoms with Gasteiger partial charge in [0.2, 0.25) is 0 Å². The highest BCUT2D eigenvalue weighted by atomic mass is 79.9. The molecule has 0 atom stereocenters. The summed E-state index contributed by atoms with van der Waals surface area (Å²) in [7, 11) is 0. The van der Waals surface area contributed by atoms with Crippen LogP contribution in [0.4, 0.5) is 11.5 Å². The molecule has 0 saturated heterocycles. The lowest BCUT2D eigenvalue weighted by molar-refractivity contribution is 0.101. The monoisotopic (exact) mass is 486 g/mol. The molecule has 0 aliphatic carbocycles. The van der Waals surface area contributed by atoms with Crippen LogP contribution in [0, 0.1) is 0 Å². The zero-order valence-electron chi connectivity index (χ0n) is 13.3. The van der Waals surface area contributed by atoms with Crippen LogP contribution in [0.25, 0.3) is 0 Å². The zero-order chi connectivity index (χ0) is 19.6. The van der Waals surface area contributed by atoms with Gasteiger partial charge < -0.3 is 10.6 Å². The van der Waals surface area contributed by atoms with E-state index < -0.39 is 11.8 Å². The van der Waals surface area contributed by atoms with Gasteiger partial charge in [-0.2, -0.15) is 5.10 Å². The van der Waals surface area contributed by atoms with Crippen molar-refractivity contribution >= 4 is 74.1 Å². The molecule has 0 radical (unpaired) electrons. The molecule has 0 bridgehead atoms. The fourth-order valence-corrected chi connectivity index (χ4v) is 3.13. The molecular formula is C17H10BrCl3N4O2. The van der Waals surface area contributed by atoms with E-state index in [9.17, 15) is 9.59 Å². The van der Waals surface area contributed by atoms with Crippen LogP contribution in [0.3, 0.4) is 0 Å². The third kappa shape index (κ3) is 4.44. The Hall–Kier alpha value is -2.06. The van der Waals surface area contributed by atoms with E-state index in [4.69, 9.17) is 34.8 Å². The maximum atomic E-state index is 12.4. The Balaban J connectivity index is 1.76. The van der Waals surface area contributed by atoms with Gasteiger partial charge in [-0.25, -0.2) is 0 Å². The Bertz CT molecular complexity index is 1040. The van der Waals surface area contributed by atoms with Gasteiger partial charge in [-0.15, -0.1) is 0 Å². The molecule has 0 aliphatic rings. The minimum Gasteiger partial charge on any atom is -0.321 e. The van der Waals surface area contributed by atoms with Crippen molar-refractivity contribution in [2.24, 2.45) is 0 Å². The molecule has 0 fully saturated rings. The second kappa shape index (κ2) is 8.31. The number of amides is 2. The number of benzene rings is 2. The smallest absolute Gasteiger partial charge is 0.277 e. The molecule has 0 unspecified atom stereocenters. The summed E-state index contributed by atoms with van der Waals surface area (Å²) >= 11 is 21.1. The largest absolute Gasteiger partial charge is 0.321 e. The maximum Gasteiger partial charge on any atom is 0.277 e. The van der Waals surface area contributed by atoms with Crippen LogP contribution in [-0.4, -0.2) is 22.0 Å². The number of rotatable bonds is 4. The highest BCUT2D eigenvalue weighted by molar-refractivity contribution is 9.10.